The van der Waals surface area contributed by atoms with E-state index >= 15 is 0 Å². The zero-order valence-electron chi connectivity index (χ0n) is 23.2. The Morgan fingerprint density at radius 1 is 0.343 bits per heavy atom. The van der Waals surface area contributed by atoms with Crippen molar-refractivity contribution < 1.29 is 0 Å². The number of piperazine rings is 3. The lowest BCUT2D eigenvalue weighted by Gasteiger charge is -2.43. The average molecular weight is 488 g/mol. The Hall–Kier alpha value is -0.200. The monoisotopic (exact) mass is 487 g/mol. The zero-order chi connectivity index (χ0) is 23.9. The molecule has 11 fully saturated rings. The molecule has 11 aliphatic rings. The number of piperidine rings is 6. The van der Waals surface area contributed by atoms with Crippen LogP contribution >= 0.6 is 0 Å². The summed E-state index contributed by atoms with van der Waals surface area (Å²) in [6.07, 6.45) is 19.2. The van der Waals surface area contributed by atoms with Crippen LogP contribution < -0.4 is 0 Å². The minimum atomic E-state index is 0.951. The molecular formula is C30H57N5. The third-order valence-corrected chi connectivity index (χ3v) is 10.9. The lowest BCUT2D eigenvalue weighted by molar-refractivity contribution is 0.0647. The van der Waals surface area contributed by atoms with E-state index < -0.39 is 0 Å². The first-order valence-electron chi connectivity index (χ1n) is 15.8. The minimum Gasteiger partial charge on any atom is -0.303 e. The van der Waals surface area contributed by atoms with Gasteiger partial charge in [0, 0.05) is 51.4 Å². The predicted octanol–water partition coefficient (Wildman–Crippen LogP) is 4.24. The van der Waals surface area contributed by atoms with Crippen molar-refractivity contribution in [1.82, 2.24) is 24.5 Å². The van der Waals surface area contributed by atoms with Crippen molar-refractivity contribution in [2.75, 3.05) is 85.6 Å². The van der Waals surface area contributed by atoms with Gasteiger partial charge in [-0.1, -0.05) is 12.8 Å². The largest absolute Gasteiger partial charge is 0.303 e. The number of nitrogens with zero attached hydrogens (tertiary/aromatic N) is 5. The Labute approximate surface area is 217 Å². The smallest absolute Gasteiger partial charge is 0.0110 e. The highest BCUT2D eigenvalue weighted by atomic mass is 15.3. The van der Waals surface area contributed by atoms with Crippen molar-refractivity contribution in [1.29, 1.82) is 0 Å². The van der Waals surface area contributed by atoms with Crippen LogP contribution in [0.1, 0.15) is 83.5 Å². The lowest BCUT2D eigenvalue weighted by atomic mass is 9.85. The molecule has 0 atom stereocenters. The average Bonchev–Trinajstić information content (AvgIpc) is 3.30. The van der Waals surface area contributed by atoms with E-state index in [1.807, 2.05) is 0 Å². The Balaban J connectivity index is 0.0000000969. The van der Waals surface area contributed by atoms with Crippen LogP contribution in [0.15, 0.2) is 0 Å². The van der Waals surface area contributed by atoms with Gasteiger partial charge in [0.2, 0.25) is 0 Å². The fraction of sp³-hybridized carbons (Fsp3) is 1.00. The molecule has 11 heterocycles. The molecule has 0 spiro atoms. The molecule has 11 rings (SSSR count). The first-order chi connectivity index (χ1) is 17.2. The summed E-state index contributed by atoms with van der Waals surface area (Å²) in [5.41, 5.74) is 0. The van der Waals surface area contributed by atoms with Crippen molar-refractivity contribution in [3.8, 4) is 0 Å². The van der Waals surface area contributed by atoms with Gasteiger partial charge in [-0.25, -0.2) is 0 Å². The number of rotatable bonds is 0. The highest BCUT2D eigenvalue weighted by Crippen LogP contribution is 2.32. The van der Waals surface area contributed by atoms with Crippen molar-refractivity contribution in [3.05, 3.63) is 0 Å². The first kappa shape index (κ1) is 26.4. The molecule has 0 N–H and O–H groups in total. The van der Waals surface area contributed by atoms with Gasteiger partial charge in [-0.2, -0.15) is 0 Å². The zero-order valence-corrected chi connectivity index (χ0v) is 23.2. The van der Waals surface area contributed by atoms with Crippen LogP contribution in [-0.2, 0) is 0 Å². The SMILES string of the molecule is C1CC2CCN(C1)CC2.C1CN2CCC1CC2.C1CN2CCN1CC2.CN1C2CCCC1CCC2. The Morgan fingerprint density at radius 2 is 0.686 bits per heavy atom. The molecule has 11 aliphatic heterocycles. The summed E-state index contributed by atoms with van der Waals surface area (Å²) in [4.78, 5) is 12.9. The summed E-state index contributed by atoms with van der Waals surface area (Å²) in [7, 11) is 2.31. The second-order valence-electron chi connectivity index (χ2n) is 13.0. The third-order valence-electron chi connectivity index (χ3n) is 10.9. The van der Waals surface area contributed by atoms with E-state index in [1.54, 1.807) is 0 Å². The normalized spacial score (nSPS) is 43.5. The molecule has 5 nitrogen and oxygen atoms in total. The van der Waals surface area contributed by atoms with Gasteiger partial charge in [-0.15, -0.1) is 0 Å². The fourth-order valence-corrected chi connectivity index (χ4v) is 8.07. The number of fused-ring (bicyclic) bond motifs is 12. The van der Waals surface area contributed by atoms with Gasteiger partial charge in [0.1, 0.15) is 0 Å². The molecule has 35 heavy (non-hydrogen) atoms. The molecule has 0 aromatic carbocycles. The van der Waals surface area contributed by atoms with Crippen molar-refractivity contribution >= 4 is 0 Å². The summed E-state index contributed by atoms with van der Waals surface area (Å²) >= 11 is 0. The molecule has 0 unspecified atom stereocenters. The van der Waals surface area contributed by atoms with E-state index in [0.29, 0.717) is 0 Å². The lowest BCUT2D eigenvalue weighted by Crippen LogP contribution is -2.55. The van der Waals surface area contributed by atoms with Crippen LogP contribution in [-0.4, -0.2) is 122 Å². The maximum Gasteiger partial charge on any atom is 0.0110 e. The quantitative estimate of drug-likeness (QED) is 0.507. The molecule has 5 heteroatoms. The molecule has 0 radical (unpaired) electrons. The molecule has 0 aromatic rings. The summed E-state index contributed by atoms with van der Waals surface area (Å²) in [6.45, 7) is 16.3. The highest BCUT2D eigenvalue weighted by Gasteiger charge is 2.30. The first-order valence-corrected chi connectivity index (χ1v) is 15.8. The molecule has 0 saturated carbocycles. The molecule has 202 valence electrons. The second kappa shape index (κ2) is 13.6. The molecular weight excluding hydrogens is 430 g/mol. The molecule has 0 aliphatic carbocycles. The van der Waals surface area contributed by atoms with E-state index in [2.05, 4.69) is 31.5 Å². The van der Waals surface area contributed by atoms with Gasteiger partial charge in [0.05, 0.1) is 0 Å². The van der Waals surface area contributed by atoms with E-state index in [-0.39, 0.29) is 0 Å². The third kappa shape index (κ3) is 7.89. The van der Waals surface area contributed by atoms with E-state index in [0.717, 1.165) is 23.9 Å². The van der Waals surface area contributed by atoms with Gasteiger partial charge in [-0.05, 0) is 129 Å². The van der Waals surface area contributed by atoms with E-state index in [4.69, 9.17) is 0 Å². The molecule has 8 bridgehead atoms. The highest BCUT2D eigenvalue weighted by molar-refractivity contribution is 4.86. The summed E-state index contributed by atoms with van der Waals surface area (Å²) in [5, 5.41) is 0. The summed E-state index contributed by atoms with van der Waals surface area (Å²) in [6, 6.07) is 1.90. The summed E-state index contributed by atoms with van der Waals surface area (Å²) < 4.78 is 0. The van der Waals surface area contributed by atoms with Crippen LogP contribution in [0, 0.1) is 11.8 Å². The number of hydrogen-bond donors (Lipinski definition) is 0. The Morgan fingerprint density at radius 3 is 1.03 bits per heavy atom. The predicted molar refractivity (Wildman–Crippen MR) is 148 cm³/mol. The maximum atomic E-state index is 2.62. The van der Waals surface area contributed by atoms with Crippen LogP contribution in [0.2, 0.25) is 0 Å². The van der Waals surface area contributed by atoms with Crippen LogP contribution in [0.4, 0.5) is 0 Å². The van der Waals surface area contributed by atoms with Gasteiger partial charge in [-0.3, -0.25) is 9.80 Å². The maximum absolute atomic E-state index is 2.62. The summed E-state index contributed by atoms with van der Waals surface area (Å²) in [5.74, 6) is 2.21. The standard InChI is InChI=1S/C9H17N.C8H15N.C7H13N.C6H12N2/c1-10-8-4-2-5-9(10)7-3-6-8;1-2-8-3-6-9(5-1)7-4-8;1-4-8-5-2-7(1)3-6-8;1-2-8-5-3-7(1)4-6-8/h8-9H,2-7H2,1H3;8H,1-7H2;7H,1-6H2;1-6H2. The van der Waals surface area contributed by atoms with Crippen LogP contribution in [0.3, 0.4) is 0 Å². The van der Waals surface area contributed by atoms with E-state index in [1.165, 1.54) is 162 Å². The fourth-order valence-electron chi connectivity index (χ4n) is 8.07. The second-order valence-corrected chi connectivity index (χ2v) is 13.0. The van der Waals surface area contributed by atoms with E-state index in [9.17, 15) is 0 Å². The van der Waals surface area contributed by atoms with Gasteiger partial charge in [0.15, 0.2) is 0 Å². The van der Waals surface area contributed by atoms with Gasteiger partial charge >= 0.3 is 0 Å². The molecule has 11 saturated heterocycles. The molecule has 0 aromatic heterocycles. The molecule has 0 amide bonds. The number of hydrogen-bond acceptors (Lipinski definition) is 5. The minimum absolute atomic E-state index is 0.951. The van der Waals surface area contributed by atoms with Crippen LogP contribution in [0.25, 0.3) is 0 Å². The van der Waals surface area contributed by atoms with Crippen molar-refractivity contribution in [2.24, 2.45) is 11.8 Å². The van der Waals surface area contributed by atoms with Crippen LogP contribution in [0.5, 0.6) is 0 Å². The van der Waals surface area contributed by atoms with Crippen molar-refractivity contribution in [2.45, 2.75) is 95.6 Å². The van der Waals surface area contributed by atoms with Crippen molar-refractivity contribution in [3.63, 3.8) is 0 Å². The Bertz CT molecular complexity index is 480. The van der Waals surface area contributed by atoms with Gasteiger partial charge < -0.3 is 14.7 Å². The Kier molecular flexibility index (Phi) is 10.2. The topological polar surface area (TPSA) is 16.2 Å². The van der Waals surface area contributed by atoms with Gasteiger partial charge in [0.25, 0.3) is 0 Å².